The summed E-state index contributed by atoms with van der Waals surface area (Å²) in [6, 6.07) is 0. The Kier molecular flexibility index (Phi) is 4.44. The Labute approximate surface area is 84.2 Å². The number of aliphatic carboxylic acids is 1. The smallest absolute Gasteiger partial charge is 0.330 e. The molecule has 0 saturated carbocycles. The van der Waals surface area contributed by atoms with Gasteiger partial charge >= 0.3 is 5.97 Å². The molecule has 0 aliphatic rings. The van der Waals surface area contributed by atoms with E-state index in [0.29, 0.717) is 17.3 Å². The molecule has 0 aromatic rings. The number of nitrogens with zero attached hydrogens (tertiary/aromatic N) is 1. The summed E-state index contributed by atoms with van der Waals surface area (Å²) in [5.74, 6) is -0.940. The highest BCUT2D eigenvalue weighted by Crippen LogP contribution is 2.16. The topological polar surface area (TPSA) is 37.3 Å². The largest absolute Gasteiger partial charge is 0.478 e. The molecule has 1 N–H and O–H groups in total. The van der Waals surface area contributed by atoms with E-state index in [1.54, 1.807) is 0 Å². The minimum absolute atomic E-state index is 0.0731. The van der Waals surface area contributed by atoms with Gasteiger partial charge in [0.1, 0.15) is 0 Å². The zero-order chi connectivity index (χ0) is 10.6. The third-order valence-electron chi connectivity index (χ3n) is 1.83. The normalized spacial score (nSPS) is 13.8. The molecule has 0 bridgehead atoms. The van der Waals surface area contributed by atoms with Crippen molar-refractivity contribution in [3.05, 3.63) is 12.2 Å². The summed E-state index contributed by atoms with van der Waals surface area (Å²) in [5, 5.41) is 8.55. The molecule has 4 heteroatoms. The zero-order valence-corrected chi connectivity index (χ0v) is 9.14. The van der Waals surface area contributed by atoms with Gasteiger partial charge in [0.2, 0.25) is 0 Å². The van der Waals surface area contributed by atoms with E-state index in [9.17, 15) is 4.79 Å². The maximum absolute atomic E-state index is 10.4. The van der Waals surface area contributed by atoms with Gasteiger partial charge in [0.05, 0.1) is 21.1 Å². The fourth-order valence-electron chi connectivity index (χ4n) is 0.788. The summed E-state index contributed by atoms with van der Waals surface area (Å²) < 4.78 is 0.619. The second-order valence-electron chi connectivity index (χ2n) is 4.00. The van der Waals surface area contributed by atoms with E-state index >= 15 is 0 Å². The van der Waals surface area contributed by atoms with Crippen LogP contribution >= 0.6 is 11.6 Å². The first-order chi connectivity index (χ1) is 5.75. The van der Waals surface area contributed by atoms with Crippen LogP contribution < -0.4 is 0 Å². The van der Waals surface area contributed by atoms with Crippen molar-refractivity contribution in [1.29, 1.82) is 0 Å². The molecule has 3 nitrogen and oxygen atoms in total. The molecule has 0 radical (unpaired) electrons. The first kappa shape index (κ1) is 12.5. The van der Waals surface area contributed by atoms with Crippen molar-refractivity contribution < 1.29 is 14.4 Å². The van der Waals surface area contributed by atoms with Crippen molar-refractivity contribution in [1.82, 2.24) is 0 Å². The maximum Gasteiger partial charge on any atom is 0.330 e. The van der Waals surface area contributed by atoms with Gasteiger partial charge in [-0.25, -0.2) is 4.79 Å². The summed E-state index contributed by atoms with van der Waals surface area (Å²) in [4.78, 5) is 10.4. The second kappa shape index (κ2) is 4.63. The molecule has 1 atom stereocenters. The van der Waals surface area contributed by atoms with Gasteiger partial charge in [-0.3, -0.25) is 0 Å². The lowest BCUT2D eigenvalue weighted by molar-refractivity contribution is -0.882. The van der Waals surface area contributed by atoms with Crippen molar-refractivity contribution in [2.45, 2.75) is 18.3 Å². The van der Waals surface area contributed by atoms with E-state index in [4.69, 9.17) is 16.7 Å². The minimum Gasteiger partial charge on any atom is -0.478 e. The van der Waals surface area contributed by atoms with Crippen LogP contribution in [-0.4, -0.2) is 42.2 Å². The summed E-state index contributed by atoms with van der Waals surface area (Å²) in [7, 11) is 5.92. The number of hydrogen-bond donors (Lipinski definition) is 1. The predicted octanol–water partition coefficient (Wildman–Crippen LogP) is 1.68. The van der Waals surface area contributed by atoms with Gasteiger partial charge in [0, 0.05) is 12.0 Å². The number of alkyl halides is 1. The molecule has 0 aromatic carbocycles. The molecule has 76 valence electrons. The molecule has 0 saturated heterocycles. The first-order valence-corrected chi connectivity index (χ1v) is 4.55. The Morgan fingerprint density at radius 1 is 1.54 bits per heavy atom. The van der Waals surface area contributed by atoms with E-state index in [-0.39, 0.29) is 11.1 Å². The standard InChI is InChI=1S/C9H16ClNO2/c1-7(9(12)13)5-6-8(10)11(2,3)4/h8H,1,5-6H2,2-4H3/p+1. The van der Waals surface area contributed by atoms with Gasteiger partial charge in [-0.2, -0.15) is 0 Å². The number of carboxylic acids is 1. The van der Waals surface area contributed by atoms with Crippen LogP contribution in [-0.2, 0) is 4.79 Å². The molecular formula is C9H17ClNO2+. The Bertz CT molecular complexity index is 208. The van der Waals surface area contributed by atoms with Crippen LogP contribution in [0.15, 0.2) is 12.2 Å². The molecule has 0 rings (SSSR count). The van der Waals surface area contributed by atoms with Crippen LogP contribution in [0.3, 0.4) is 0 Å². The molecule has 1 unspecified atom stereocenters. The molecule has 0 aliphatic carbocycles. The van der Waals surface area contributed by atoms with E-state index < -0.39 is 5.97 Å². The SMILES string of the molecule is C=C(CCC(Cl)[N+](C)(C)C)C(=O)O. The summed E-state index contributed by atoms with van der Waals surface area (Å²) >= 11 is 6.04. The van der Waals surface area contributed by atoms with E-state index in [1.807, 2.05) is 21.1 Å². The fourth-order valence-corrected chi connectivity index (χ4v) is 0.897. The number of halogens is 1. The van der Waals surface area contributed by atoms with Gasteiger partial charge in [-0.1, -0.05) is 18.2 Å². The average molecular weight is 207 g/mol. The fraction of sp³-hybridized carbons (Fsp3) is 0.667. The Hall–Kier alpha value is -0.540. The maximum atomic E-state index is 10.4. The first-order valence-electron chi connectivity index (χ1n) is 4.11. The number of hydrogen-bond acceptors (Lipinski definition) is 1. The summed E-state index contributed by atoms with van der Waals surface area (Å²) in [6.07, 6.45) is 1.08. The Morgan fingerprint density at radius 3 is 2.31 bits per heavy atom. The molecule has 0 aliphatic heterocycles. The van der Waals surface area contributed by atoms with Crippen molar-refractivity contribution >= 4 is 17.6 Å². The van der Waals surface area contributed by atoms with E-state index in [0.717, 1.165) is 0 Å². The highest BCUT2D eigenvalue weighted by molar-refractivity contribution is 6.19. The molecular weight excluding hydrogens is 190 g/mol. The lowest BCUT2D eigenvalue weighted by Crippen LogP contribution is -2.41. The highest BCUT2D eigenvalue weighted by atomic mass is 35.5. The third-order valence-corrected chi connectivity index (χ3v) is 2.63. The highest BCUT2D eigenvalue weighted by Gasteiger charge is 2.21. The van der Waals surface area contributed by atoms with Gasteiger partial charge < -0.3 is 9.59 Å². The number of rotatable bonds is 5. The monoisotopic (exact) mass is 206 g/mol. The van der Waals surface area contributed by atoms with E-state index in [1.165, 1.54) is 0 Å². The molecule has 0 fully saturated rings. The lowest BCUT2D eigenvalue weighted by atomic mass is 10.1. The van der Waals surface area contributed by atoms with Gasteiger partial charge in [0.15, 0.2) is 5.50 Å². The molecule has 0 aromatic heterocycles. The predicted molar refractivity (Wildman–Crippen MR) is 53.7 cm³/mol. The van der Waals surface area contributed by atoms with Gasteiger partial charge in [0.25, 0.3) is 0 Å². The Balaban J connectivity index is 3.91. The van der Waals surface area contributed by atoms with Crippen molar-refractivity contribution in [2.75, 3.05) is 21.1 Å². The van der Waals surface area contributed by atoms with Crippen LogP contribution in [0.25, 0.3) is 0 Å². The zero-order valence-electron chi connectivity index (χ0n) is 8.38. The number of carboxylic acid groups (broad SMARTS) is 1. The molecule has 13 heavy (non-hydrogen) atoms. The van der Waals surface area contributed by atoms with Crippen molar-refractivity contribution in [2.24, 2.45) is 0 Å². The van der Waals surface area contributed by atoms with Crippen LogP contribution in [0.1, 0.15) is 12.8 Å². The third kappa shape index (κ3) is 4.90. The van der Waals surface area contributed by atoms with Crippen LogP contribution in [0.4, 0.5) is 0 Å². The van der Waals surface area contributed by atoms with Crippen molar-refractivity contribution in [3.63, 3.8) is 0 Å². The summed E-state index contributed by atoms with van der Waals surface area (Å²) in [5.41, 5.74) is 0.148. The number of carbonyl (C=O) groups is 1. The molecule has 0 amide bonds. The van der Waals surface area contributed by atoms with E-state index in [2.05, 4.69) is 6.58 Å². The van der Waals surface area contributed by atoms with Crippen LogP contribution in [0.5, 0.6) is 0 Å². The summed E-state index contributed by atoms with van der Waals surface area (Å²) in [6.45, 7) is 3.44. The van der Waals surface area contributed by atoms with Crippen LogP contribution in [0.2, 0.25) is 0 Å². The number of quaternary nitrogens is 1. The minimum atomic E-state index is -0.940. The van der Waals surface area contributed by atoms with Gasteiger partial charge in [-0.05, 0) is 6.42 Å². The Morgan fingerprint density at radius 2 is 2.00 bits per heavy atom. The molecule has 0 heterocycles. The average Bonchev–Trinajstić information content (AvgIpc) is 1.97. The lowest BCUT2D eigenvalue weighted by Gasteiger charge is -2.29. The molecule has 0 spiro atoms. The van der Waals surface area contributed by atoms with Gasteiger partial charge in [-0.15, -0.1) is 0 Å². The van der Waals surface area contributed by atoms with Crippen LogP contribution in [0, 0.1) is 0 Å². The second-order valence-corrected chi connectivity index (χ2v) is 4.50. The quantitative estimate of drug-likeness (QED) is 0.322. The van der Waals surface area contributed by atoms with Crippen molar-refractivity contribution in [3.8, 4) is 0 Å².